The molecule has 0 radical (unpaired) electrons. The molecule has 0 saturated carbocycles. The lowest BCUT2D eigenvalue weighted by molar-refractivity contribution is 0.254. The summed E-state index contributed by atoms with van der Waals surface area (Å²) in [6.45, 7) is 3.94. The second-order valence-corrected chi connectivity index (χ2v) is 2.48. The van der Waals surface area contributed by atoms with Crippen molar-refractivity contribution < 1.29 is 4.79 Å². The summed E-state index contributed by atoms with van der Waals surface area (Å²) in [6.07, 6.45) is 0. The largest absolute Gasteiger partial charge is 0.351 e. The van der Waals surface area contributed by atoms with E-state index in [2.05, 4.69) is 9.44 Å². The highest BCUT2D eigenvalue weighted by Gasteiger charge is 1.92. The molecule has 0 heterocycles. The fraction of sp³-hybridized carbons (Fsp3) is 0.750. The van der Waals surface area contributed by atoms with Gasteiger partial charge in [0.2, 0.25) is 0 Å². The molecule has 0 rings (SSSR count). The zero-order valence-corrected chi connectivity index (χ0v) is 6.29. The summed E-state index contributed by atoms with van der Waals surface area (Å²) < 4.78 is 5.20. The molecule has 0 aromatic rings. The monoisotopic (exact) mass is 149 g/mol. The van der Waals surface area contributed by atoms with E-state index in [0.717, 1.165) is 12.1 Å². The molecule has 0 saturated heterocycles. The predicted octanol–water partition coefficient (Wildman–Crippen LogP) is 0.216. The maximum absolute atomic E-state index is 10.0. The van der Waals surface area contributed by atoms with E-state index < -0.39 is 6.03 Å². The minimum Gasteiger partial charge on any atom is -0.351 e. The highest BCUT2D eigenvalue weighted by atomic mass is 32.2. The smallest absolute Gasteiger partial charge is 0.323 e. The molecule has 0 bridgehead atoms. The Morgan fingerprint density at radius 1 is 1.67 bits per heavy atom. The van der Waals surface area contributed by atoms with Gasteiger partial charge in [-0.25, -0.2) is 9.52 Å². The van der Waals surface area contributed by atoms with Gasteiger partial charge in [-0.15, -0.1) is 0 Å². The van der Waals surface area contributed by atoms with Gasteiger partial charge in [-0.3, -0.25) is 4.72 Å². The average molecular weight is 149 g/mol. The van der Waals surface area contributed by atoms with Crippen LogP contribution in [0.15, 0.2) is 0 Å². The highest BCUT2D eigenvalue weighted by molar-refractivity contribution is 7.96. The fourth-order valence-corrected chi connectivity index (χ4v) is 0.593. The number of hydrogen-bond acceptors (Lipinski definition) is 3. The quantitative estimate of drug-likeness (QED) is 0.503. The molecule has 54 valence electrons. The van der Waals surface area contributed by atoms with Crippen molar-refractivity contribution in [3.63, 3.8) is 0 Å². The number of hydrogen-bond donors (Lipinski definition) is 3. The van der Waals surface area contributed by atoms with Crippen LogP contribution in [0, 0.1) is 0 Å². The van der Waals surface area contributed by atoms with E-state index in [-0.39, 0.29) is 0 Å². The SMILES string of the molecule is CC(C)NSNC(N)=O. The first-order valence-corrected chi connectivity index (χ1v) is 3.41. The van der Waals surface area contributed by atoms with Crippen LogP contribution in [0.5, 0.6) is 0 Å². The molecule has 0 unspecified atom stereocenters. The minimum absolute atomic E-state index is 0.335. The Labute approximate surface area is 58.8 Å². The lowest BCUT2D eigenvalue weighted by atomic mass is 10.4. The van der Waals surface area contributed by atoms with Gasteiger partial charge in [0.05, 0.1) is 0 Å². The molecule has 9 heavy (non-hydrogen) atoms. The topological polar surface area (TPSA) is 67.2 Å². The van der Waals surface area contributed by atoms with Crippen molar-refractivity contribution in [3.8, 4) is 0 Å². The Morgan fingerprint density at radius 2 is 2.22 bits per heavy atom. The second-order valence-electron chi connectivity index (χ2n) is 1.84. The molecule has 2 amide bonds. The lowest BCUT2D eigenvalue weighted by Gasteiger charge is -2.04. The highest BCUT2D eigenvalue weighted by Crippen LogP contribution is 1.87. The third kappa shape index (κ3) is 7.58. The molecule has 0 atom stereocenters. The zero-order chi connectivity index (χ0) is 7.28. The number of carbonyl (C=O) groups is 1. The molecule has 0 spiro atoms. The fourth-order valence-electron chi connectivity index (χ4n) is 0.198. The Balaban J connectivity index is 3.01. The summed E-state index contributed by atoms with van der Waals surface area (Å²) in [5.74, 6) is 0. The van der Waals surface area contributed by atoms with E-state index in [1.54, 1.807) is 0 Å². The van der Waals surface area contributed by atoms with Crippen LogP contribution in [0.4, 0.5) is 4.79 Å². The lowest BCUT2D eigenvalue weighted by Crippen LogP contribution is -2.28. The van der Waals surface area contributed by atoms with Gasteiger partial charge in [-0.05, 0) is 13.8 Å². The molecule has 0 fully saturated rings. The summed E-state index contributed by atoms with van der Waals surface area (Å²) >= 11 is 1.09. The average Bonchev–Trinajstić information content (AvgIpc) is 1.63. The molecule has 0 aliphatic carbocycles. The normalized spacial score (nSPS) is 9.67. The molecular weight excluding hydrogens is 138 g/mol. The van der Waals surface area contributed by atoms with Gasteiger partial charge in [0, 0.05) is 18.2 Å². The second kappa shape index (κ2) is 4.46. The molecule has 0 aliphatic rings. The number of nitrogens with one attached hydrogen (secondary N) is 2. The Bertz CT molecular complexity index is 95.8. The first-order chi connectivity index (χ1) is 4.13. The zero-order valence-electron chi connectivity index (χ0n) is 5.47. The number of amides is 2. The maximum Gasteiger partial charge on any atom is 0.323 e. The van der Waals surface area contributed by atoms with Crippen LogP contribution in [0.1, 0.15) is 13.8 Å². The molecule has 0 aromatic carbocycles. The van der Waals surface area contributed by atoms with E-state index in [4.69, 9.17) is 5.73 Å². The van der Waals surface area contributed by atoms with E-state index in [9.17, 15) is 4.79 Å². The van der Waals surface area contributed by atoms with Crippen LogP contribution in [-0.4, -0.2) is 12.1 Å². The number of rotatable bonds is 3. The summed E-state index contributed by atoms with van der Waals surface area (Å²) in [6, 6.07) is -0.199. The Hall–Kier alpha value is -0.420. The van der Waals surface area contributed by atoms with Crippen molar-refractivity contribution in [2.45, 2.75) is 19.9 Å². The summed E-state index contributed by atoms with van der Waals surface area (Å²) in [5.41, 5.74) is 4.77. The van der Waals surface area contributed by atoms with E-state index in [1.807, 2.05) is 13.8 Å². The molecule has 5 heteroatoms. The number of carbonyl (C=O) groups excluding carboxylic acids is 1. The molecule has 0 aliphatic heterocycles. The maximum atomic E-state index is 10.0. The van der Waals surface area contributed by atoms with Crippen LogP contribution in [0.3, 0.4) is 0 Å². The van der Waals surface area contributed by atoms with Gasteiger partial charge in [-0.1, -0.05) is 0 Å². The van der Waals surface area contributed by atoms with Crippen molar-refractivity contribution in [1.29, 1.82) is 0 Å². The Kier molecular flexibility index (Phi) is 4.25. The van der Waals surface area contributed by atoms with Gasteiger partial charge < -0.3 is 5.73 Å². The van der Waals surface area contributed by atoms with Crippen molar-refractivity contribution in [3.05, 3.63) is 0 Å². The van der Waals surface area contributed by atoms with Crippen LogP contribution in [0.2, 0.25) is 0 Å². The molecule has 4 N–H and O–H groups in total. The summed E-state index contributed by atoms with van der Waals surface area (Å²) in [4.78, 5) is 10.0. The van der Waals surface area contributed by atoms with Crippen LogP contribution in [-0.2, 0) is 0 Å². The third-order valence-corrected chi connectivity index (χ3v) is 1.34. The van der Waals surface area contributed by atoms with Gasteiger partial charge in [0.15, 0.2) is 0 Å². The van der Waals surface area contributed by atoms with E-state index in [0.29, 0.717) is 6.04 Å². The summed E-state index contributed by atoms with van der Waals surface area (Å²) in [7, 11) is 0. The molecule has 0 aromatic heterocycles. The van der Waals surface area contributed by atoms with Crippen LogP contribution in [0.25, 0.3) is 0 Å². The standard InChI is InChI=1S/C4H11N3OS/c1-3(2)6-9-7-4(5)8/h3,6H,1-2H3,(H3,5,7,8). The summed E-state index contributed by atoms with van der Waals surface area (Å²) in [5, 5.41) is 0. The van der Waals surface area contributed by atoms with Crippen molar-refractivity contribution in [1.82, 2.24) is 9.44 Å². The first kappa shape index (κ1) is 8.58. The number of primary amides is 1. The van der Waals surface area contributed by atoms with Crippen LogP contribution >= 0.6 is 12.1 Å². The van der Waals surface area contributed by atoms with Crippen molar-refractivity contribution >= 4 is 18.2 Å². The number of nitrogens with two attached hydrogens (primary N) is 1. The van der Waals surface area contributed by atoms with E-state index >= 15 is 0 Å². The Morgan fingerprint density at radius 3 is 2.56 bits per heavy atom. The molecule has 4 nitrogen and oxygen atoms in total. The predicted molar refractivity (Wildman–Crippen MR) is 38.6 cm³/mol. The van der Waals surface area contributed by atoms with Gasteiger partial charge in [0.25, 0.3) is 0 Å². The van der Waals surface area contributed by atoms with Crippen molar-refractivity contribution in [2.75, 3.05) is 0 Å². The number of urea groups is 1. The minimum atomic E-state index is -0.534. The molecular formula is C4H11N3OS. The van der Waals surface area contributed by atoms with E-state index in [1.165, 1.54) is 0 Å². The van der Waals surface area contributed by atoms with Crippen molar-refractivity contribution in [2.24, 2.45) is 5.73 Å². The third-order valence-electron chi connectivity index (χ3n) is 0.446. The van der Waals surface area contributed by atoms with Gasteiger partial charge in [-0.2, -0.15) is 0 Å². The van der Waals surface area contributed by atoms with Gasteiger partial charge >= 0.3 is 6.03 Å². The van der Waals surface area contributed by atoms with Gasteiger partial charge in [0.1, 0.15) is 0 Å². The van der Waals surface area contributed by atoms with Crippen LogP contribution < -0.4 is 15.2 Å². The first-order valence-electron chi connectivity index (χ1n) is 2.59.